The van der Waals surface area contributed by atoms with Gasteiger partial charge in [0, 0.05) is 32.6 Å². The molecule has 0 N–H and O–H groups in total. The van der Waals surface area contributed by atoms with Crippen molar-refractivity contribution in [3.8, 4) is 17.2 Å². The van der Waals surface area contributed by atoms with Crippen LogP contribution in [0.2, 0.25) is 10.0 Å². The molecular weight excluding hydrogens is 613 g/mol. The molecule has 0 aromatic heterocycles. The number of carbonyl (C=O) groups is 2. The van der Waals surface area contributed by atoms with Crippen LogP contribution in [0.3, 0.4) is 0 Å². The predicted octanol–water partition coefficient (Wildman–Crippen LogP) is 6.28. The molecule has 0 bridgehead atoms. The van der Waals surface area contributed by atoms with Crippen LogP contribution in [-0.2, 0) is 22.6 Å². The average Bonchev–Trinajstić information content (AvgIpc) is 3.06. The highest BCUT2D eigenvalue weighted by atomic mass is 35.5. The molecule has 2 heterocycles. The summed E-state index contributed by atoms with van der Waals surface area (Å²) in [4.78, 5) is 33.7. The number of rotatable bonds is 10. The number of halogens is 2. The lowest BCUT2D eigenvalue weighted by Crippen LogP contribution is -2.53. The number of ether oxygens (including phenoxy) is 3. The van der Waals surface area contributed by atoms with Gasteiger partial charge < -0.3 is 24.0 Å². The standard InChI is InChI=1S/C35H41Cl2N3O5/c1-43-31-17-26(18-32(44-2)35(31)45-3)20-33(41)39-15-16-40(30(23-39)27-9-10-28(36)29(37)21-27)34(42)19-24-11-13-38(14-12-24)22-25-7-5-4-6-8-25/h4-10,17-18,21,24,30H,11-16,19-20,22-23H2,1-3H3. The minimum absolute atomic E-state index is 0.0489. The molecule has 1 atom stereocenters. The lowest BCUT2D eigenvalue weighted by Gasteiger charge is -2.43. The molecule has 3 aromatic carbocycles. The number of piperidine rings is 1. The van der Waals surface area contributed by atoms with Gasteiger partial charge in [0.25, 0.3) is 0 Å². The molecule has 2 aliphatic heterocycles. The van der Waals surface area contributed by atoms with E-state index in [-0.39, 0.29) is 24.3 Å². The first-order valence-electron chi connectivity index (χ1n) is 15.4. The summed E-state index contributed by atoms with van der Waals surface area (Å²) in [5.74, 6) is 1.87. The van der Waals surface area contributed by atoms with Crippen LogP contribution in [0.1, 0.15) is 42.0 Å². The zero-order valence-corrected chi connectivity index (χ0v) is 27.6. The summed E-state index contributed by atoms with van der Waals surface area (Å²) >= 11 is 12.7. The van der Waals surface area contributed by atoms with Crippen LogP contribution in [0.4, 0.5) is 0 Å². The quantitative estimate of drug-likeness (QED) is 0.257. The molecule has 2 saturated heterocycles. The van der Waals surface area contributed by atoms with Crippen molar-refractivity contribution in [2.24, 2.45) is 5.92 Å². The Morgan fingerprint density at radius 2 is 1.47 bits per heavy atom. The fourth-order valence-corrected chi connectivity index (χ4v) is 6.70. The summed E-state index contributed by atoms with van der Waals surface area (Å²) < 4.78 is 16.4. The third-order valence-corrected chi connectivity index (χ3v) is 9.62. The zero-order chi connectivity index (χ0) is 31.9. The first-order valence-corrected chi connectivity index (χ1v) is 16.1. The average molecular weight is 655 g/mol. The second-order valence-electron chi connectivity index (χ2n) is 11.7. The first kappa shape index (κ1) is 32.9. The van der Waals surface area contributed by atoms with E-state index in [0.29, 0.717) is 59.3 Å². The van der Waals surface area contributed by atoms with E-state index in [1.165, 1.54) is 5.56 Å². The van der Waals surface area contributed by atoms with E-state index in [2.05, 4.69) is 29.2 Å². The number of amides is 2. The van der Waals surface area contributed by atoms with E-state index in [0.717, 1.165) is 43.6 Å². The highest BCUT2D eigenvalue weighted by molar-refractivity contribution is 6.42. The molecule has 0 radical (unpaired) electrons. The van der Waals surface area contributed by atoms with Gasteiger partial charge in [-0.2, -0.15) is 0 Å². The van der Waals surface area contributed by atoms with E-state index in [1.54, 1.807) is 39.5 Å². The molecule has 10 heteroatoms. The van der Waals surface area contributed by atoms with E-state index in [9.17, 15) is 9.59 Å². The summed E-state index contributed by atoms with van der Waals surface area (Å²) in [5, 5.41) is 0.875. The van der Waals surface area contributed by atoms with Crippen molar-refractivity contribution in [3.63, 3.8) is 0 Å². The molecule has 5 rings (SSSR count). The third-order valence-electron chi connectivity index (χ3n) is 8.88. The van der Waals surface area contributed by atoms with Crippen LogP contribution < -0.4 is 14.2 Å². The van der Waals surface area contributed by atoms with Gasteiger partial charge in [-0.3, -0.25) is 14.5 Å². The summed E-state index contributed by atoms with van der Waals surface area (Å²) in [7, 11) is 4.65. The van der Waals surface area contributed by atoms with Crippen LogP contribution in [0.5, 0.6) is 17.2 Å². The molecule has 0 aliphatic carbocycles. The number of methoxy groups -OCH3 is 3. The van der Waals surface area contributed by atoms with Crippen molar-refractivity contribution in [2.45, 2.75) is 38.3 Å². The monoisotopic (exact) mass is 653 g/mol. The van der Waals surface area contributed by atoms with Crippen molar-refractivity contribution in [2.75, 3.05) is 54.1 Å². The van der Waals surface area contributed by atoms with E-state index in [1.807, 2.05) is 28.0 Å². The van der Waals surface area contributed by atoms with Crippen LogP contribution in [0.25, 0.3) is 0 Å². The fourth-order valence-electron chi connectivity index (χ4n) is 6.39. The molecule has 0 spiro atoms. The van der Waals surface area contributed by atoms with Gasteiger partial charge in [-0.25, -0.2) is 0 Å². The van der Waals surface area contributed by atoms with Gasteiger partial charge in [-0.05, 0) is 72.8 Å². The van der Waals surface area contributed by atoms with Crippen LogP contribution in [0, 0.1) is 5.92 Å². The molecule has 1 unspecified atom stereocenters. The molecule has 3 aromatic rings. The van der Waals surface area contributed by atoms with Crippen LogP contribution >= 0.6 is 23.2 Å². The minimum atomic E-state index is -0.330. The minimum Gasteiger partial charge on any atom is -0.493 e. The van der Waals surface area contributed by atoms with Gasteiger partial charge in [-0.1, -0.05) is 59.6 Å². The number of piperazine rings is 1. The molecule has 0 saturated carbocycles. The van der Waals surface area contributed by atoms with Gasteiger partial charge in [0.05, 0.1) is 43.8 Å². The Morgan fingerprint density at radius 3 is 2.09 bits per heavy atom. The Morgan fingerprint density at radius 1 is 0.778 bits per heavy atom. The largest absolute Gasteiger partial charge is 0.493 e. The first-order chi connectivity index (χ1) is 21.8. The summed E-state index contributed by atoms with van der Waals surface area (Å²) in [6.07, 6.45) is 2.63. The smallest absolute Gasteiger partial charge is 0.227 e. The van der Waals surface area contributed by atoms with Gasteiger partial charge in [0.2, 0.25) is 17.6 Å². The lowest BCUT2D eigenvalue weighted by molar-refractivity contribution is -0.143. The molecule has 2 amide bonds. The zero-order valence-electron chi connectivity index (χ0n) is 26.1. The van der Waals surface area contributed by atoms with Crippen molar-refractivity contribution in [3.05, 3.63) is 87.4 Å². The normalized spacial score (nSPS) is 17.7. The maximum absolute atomic E-state index is 13.9. The van der Waals surface area contributed by atoms with Gasteiger partial charge in [0.1, 0.15) is 0 Å². The Balaban J connectivity index is 1.26. The number of hydrogen-bond acceptors (Lipinski definition) is 6. The summed E-state index contributed by atoms with van der Waals surface area (Å²) in [6.45, 7) is 4.15. The number of carbonyl (C=O) groups excluding carboxylic acids is 2. The van der Waals surface area contributed by atoms with E-state index >= 15 is 0 Å². The molecule has 2 aliphatic rings. The highest BCUT2D eigenvalue weighted by Gasteiger charge is 2.35. The van der Waals surface area contributed by atoms with Crippen molar-refractivity contribution in [1.82, 2.24) is 14.7 Å². The molecular formula is C35H41Cl2N3O5. The van der Waals surface area contributed by atoms with Gasteiger partial charge in [-0.15, -0.1) is 0 Å². The van der Waals surface area contributed by atoms with Crippen molar-refractivity contribution < 1.29 is 23.8 Å². The topological polar surface area (TPSA) is 71.6 Å². The lowest BCUT2D eigenvalue weighted by atomic mass is 9.91. The van der Waals surface area contributed by atoms with Crippen molar-refractivity contribution in [1.29, 1.82) is 0 Å². The van der Waals surface area contributed by atoms with Crippen LogP contribution in [-0.4, -0.2) is 80.6 Å². The fraction of sp³-hybridized carbons (Fsp3) is 0.429. The highest BCUT2D eigenvalue weighted by Crippen LogP contribution is 2.39. The van der Waals surface area contributed by atoms with Gasteiger partial charge in [0.15, 0.2) is 11.5 Å². The van der Waals surface area contributed by atoms with E-state index in [4.69, 9.17) is 37.4 Å². The number of nitrogens with zero attached hydrogens (tertiary/aromatic N) is 3. The summed E-state index contributed by atoms with van der Waals surface area (Å²) in [5.41, 5.74) is 2.92. The molecule has 240 valence electrons. The second kappa shape index (κ2) is 15.2. The maximum Gasteiger partial charge on any atom is 0.227 e. The van der Waals surface area contributed by atoms with Crippen LogP contribution in [0.15, 0.2) is 60.7 Å². The van der Waals surface area contributed by atoms with E-state index < -0.39 is 0 Å². The molecule has 45 heavy (non-hydrogen) atoms. The number of likely N-dealkylation sites (tertiary alicyclic amines) is 1. The number of hydrogen-bond donors (Lipinski definition) is 0. The Kier molecular flexibility index (Phi) is 11.1. The van der Waals surface area contributed by atoms with Crippen molar-refractivity contribution >= 4 is 35.0 Å². The third kappa shape index (κ3) is 8.04. The Labute approximate surface area is 275 Å². The Bertz CT molecular complexity index is 1450. The maximum atomic E-state index is 13.9. The molecule has 8 nitrogen and oxygen atoms in total. The molecule has 2 fully saturated rings. The summed E-state index contributed by atoms with van der Waals surface area (Å²) in [6, 6.07) is 19.2. The second-order valence-corrected chi connectivity index (χ2v) is 12.6. The predicted molar refractivity (Wildman–Crippen MR) is 176 cm³/mol. The SMILES string of the molecule is COc1cc(CC(=O)N2CCN(C(=O)CC3CCN(Cc4ccccc4)CC3)C(c3ccc(Cl)c(Cl)c3)C2)cc(OC)c1OC. The van der Waals surface area contributed by atoms with Gasteiger partial charge >= 0.3 is 0 Å². The Hall–Kier alpha value is -3.46. The number of benzene rings is 3.